The number of rotatable bonds is 1. The maximum absolute atomic E-state index is 10.1. The zero-order valence-electron chi connectivity index (χ0n) is 7.16. The van der Waals surface area contributed by atoms with Gasteiger partial charge in [-0.05, 0) is 17.7 Å². The van der Waals surface area contributed by atoms with Crippen LogP contribution in [0.1, 0.15) is 12.0 Å². The highest BCUT2D eigenvalue weighted by Gasteiger charge is 2.33. The van der Waals surface area contributed by atoms with E-state index in [4.69, 9.17) is 16.3 Å². The zero-order valence-corrected chi connectivity index (χ0v) is 7.92. The van der Waals surface area contributed by atoms with Gasteiger partial charge in [0.1, 0.15) is 5.60 Å². The van der Waals surface area contributed by atoms with Crippen LogP contribution in [0, 0.1) is 0 Å². The summed E-state index contributed by atoms with van der Waals surface area (Å²) in [6.07, 6.45) is 0.646. The first-order valence-corrected chi connectivity index (χ1v) is 4.65. The summed E-state index contributed by atoms with van der Waals surface area (Å²) in [7, 11) is 0. The minimum atomic E-state index is -0.828. The van der Waals surface area contributed by atoms with Gasteiger partial charge in [0, 0.05) is 18.1 Å². The quantitative estimate of drug-likeness (QED) is 0.748. The molecule has 0 amide bonds. The molecule has 2 rings (SSSR count). The molecule has 1 heterocycles. The molecule has 13 heavy (non-hydrogen) atoms. The van der Waals surface area contributed by atoms with E-state index in [0.29, 0.717) is 24.7 Å². The highest BCUT2D eigenvalue weighted by atomic mass is 35.5. The van der Waals surface area contributed by atoms with Crippen molar-refractivity contribution in [2.75, 3.05) is 13.2 Å². The van der Waals surface area contributed by atoms with Crippen molar-refractivity contribution in [3.05, 3.63) is 34.9 Å². The van der Waals surface area contributed by atoms with Gasteiger partial charge >= 0.3 is 0 Å². The average Bonchev–Trinajstić information content (AvgIpc) is 2.54. The highest BCUT2D eigenvalue weighted by molar-refractivity contribution is 6.30. The van der Waals surface area contributed by atoms with Gasteiger partial charge in [-0.2, -0.15) is 0 Å². The molecule has 0 spiro atoms. The first kappa shape index (κ1) is 9.00. The lowest BCUT2D eigenvalue weighted by Gasteiger charge is -2.20. The fraction of sp³-hybridized carbons (Fsp3) is 0.400. The Morgan fingerprint density at radius 1 is 1.46 bits per heavy atom. The van der Waals surface area contributed by atoms with E-state index in [1.165, 1.54) is 0 Å². The normalized spacial score (nSPS) is 27.8. The fourth-order valence-corrected chi connectivity index (χ4v) is 1.75. The van der Waals surface area contributed by atoms with Gasteiger partial charge in [0.15, 0.2) is 0 Å². The van der Waals surface area contributed by atoms with Gasteiger partial charge in [0.05, 0.1) is 6.61 Å². The minimum Gasteiger partial charge on any atom is -0.383 e. The van der Waals surface area contributed by atoms with Crippen molar-refractivity contribution in [1.82, 2.24) is 0 Å². The maximum atomic E-state index is 10.1. The van der Waals surface area contributed by atoms with E-state index in [1.54, 1.807) is 12.1 Å². The molecule has 0 aliphatic carbocycles. The lowest BCUT2D eigenvalue weighted by molar-refractivity contribution is 0.0232. The van der Waals surface area contributed by atoms with Crippen molar-refractivity contribution in [2.45, 2.75) is 12.0 Å². The van der Waals surface area contributed by atoms with Crippen molar-refractivity contribution < 1.29 is 9.84 Å². The molecule has 0 aromatic heterocycles. The topological polar surface area (TPSA) is 29.5 Å². The molecule has 3 heteroatoms. The van der Waals surface area contributed by atoms with E-state index in [1.807, 2.05) is 12.1 Å². The lowest BCUT2D eigenvalue weighted by atomic mass is 9.93. The molecular weight excluding hydrogens is 188 g/mol. The Labute approximate surface area is 82.1 Å². The number of ether oxygens (including phenoxy) is 1. The van der Waals surface area contributed by atoms with Gasteiger partial charge in [0.2, 0.25) is 0 Å². The van der Waals surface area contributed by atoms with Crippen LogP contribution in [-0.2, 0) is 10.3 Å². The monoisotopic (exact) mass is 198 g/mol. The number of halogens is 1. The zero-order chi connectivity index (χ0) is 9.31. The summed E-state index contributed by atoms with van der Waals surface area (Å²) in [6, 6.07) is 7.30. The van der Waals surface area contributed by atoms with Crippen LogP contribution in [0.5, 0.6) is 0 Å². The first-order valence-electron chi connectivity index (χ1n) is 4.27. The molecule has 1 aliphatic rings. The fourth-order valence-electron chi connectivity index (χ4n) is 1.56. The van der Waals surface area contributed by atoms with Gasteiger partial charge in [-0.1, -0.05) is 23.7 Å². The molecule has 1 N–H and O–H groups in total. The second kappa shape index (κ2) is 3.29. The molecule has 1 aliphatic heterocycles. The van der Waals surface area contributed by atoms with Crippen LogP contribution < -0.4 is 0 Å². The summed E-state index contributed by atoms with van der Waals surface area (Å²) < 4.78 is 5.16. The molecule has 1 aromatic carbocycles. The standard InChI is InChI=1S/C10H11ClO2/c11-9-3-1-2-8(6-9)10(12)4-5-13-7-10/h1-3,6,12H,4-5,7H2. The predicted octanol–water partition coefficient (Wildman–Crippen LogP) is 1.95. The molecule has 1 aromatic rings. The van der Waals surface area contributed by atoms with Gasteiger partial charge in [-0.15, -0.1) is 0 Å². The lowest BCUT2D eigenvalue weighted by Crippen LogP contribution is -2.25. The van der Waals surface area contributed by atoms with E-state index >= 15 is 0 Å². The highest BCUT2D eigenvalue weighted by Crippen LogP contribution is 2.31. The van der Waals surface area contributed by atoms with Gasteiger partial charge in [-0.3, -0.25) is 0 Å². The van der Waals surface area contributed by atoms with Crippen LogP contribution in [0.4, 0.5) is 0 Å². The number of aliphatic hydroxyl groups is 1. The van der Waals surface area contributed by atoms with Gasteiger partial charge in [-0.25, -0.2) is 0 Å². The largest absolute Gasteiger partial charge is 0.383 e. The summed E-state index contributed by atoms with van der Waals surface area (Å²) >= 11 is 5.83. The minimum absolute atomic E-state index is 0.368. The van der Waals surface area contributed by atoms with Crippen LogP contribution >= 0.6 is 11.6 Å². The van der Waals surface area contributed by atoms with E-state index in [0.717, 1.165) is 5.56 Å². The third kappa shape index (κ3) is 1.70. The number of benzene rings is 1. The third-order valence-electron chi connectivity index (χ3n) is 2.36. The summed E-state index contributed by atoms with van der Waals surface area (Å²) in [5, 5.41) is 10.8. The molecule has 1 saturated heterocycles. The molecule has 1 atom stereocenters. The van der Waals surface area contributed by atoms with Crippen LogP contribution in [0.3, 0.4) is 0 Å². The van der Waals surface area contributed by atoms with Crippen LogP contribution in [0.2, 0.25) is 5.02 Å². The van der Waals surface area contributed by atoms with Crippen LogP contribution in [-0.4, -0.2) is 18.3 Å². The Kier molecular flexibility index (Phi) is 2.28. The van der Waals surface area contributed by atoms with Crippen molar-refractivity contribution >= 4 is 11.6 Å². The Balaban J connectivity index is 2.33. The Bertz CT molecular complexity index is 306. The van der Waals surface area contributed by atoms with Crippen molar-refractivity contribution in [3.8, 4) is 0 Å². The van der Waals surface area contributed by atoms with Crippen molar-refractivity contribution in [1.29, 1.82) is 0 Å². The first-order chi connectivity index (χ1) is 6.21. The van der Waals surface area contributed by atoms with Gasteiger partial charge < -0.3 is 9.84 Å². The Morgan fingerprint density at radius 2 is 2.31 bits per heavy atom. The molecule has 1 fully saturated rings. The maximum Gasteiger partial charge on any atom is 0.115 e. The van der Waals surface area contributed by atoms with E-state index in [2.05, 4.69) is 0 Å². The number of hydrogen-bond acceptors (Lipinski definition) is 2. The van der Waals surface area contributed by atoms with Crippen LogP contribution in [0.15, 0.2) is 24.3 Å². The smallest absolute Gasteiger partial charge is 0.115 e. The Hall–Kier alpha value is -0.570. The molecule has 0 radical (unpaired) electrons. The second-order valence-electron chi connectivity index (χ2n) is 3.34. The third-order valence-corrected chi connectivity index (χ3v) is 2.60. The Morgan fingerprint density at radius 3 is 2.92 bits per heavy atom. The van der Waals surface area contributed by atoms with Crippen molar-refractivity contribution in [3.63, 3.8) is 0 Å². The second-order valence-corrected chi connectivity index (χ2v) is 3.78. The molecule has 0 bridgehead atoms. The van der Waals surface area contributed by atoms with Crippen LogP contribution in [0.25, 0.3) is 0 Å². The number of hydrogen-bond donors (Lipinski definition) is 1. The molecular formula is C10H11ClO2. The van der Waals surface area contributed by atoms with E-state index in [-0.39, 0.29) is 0 Å². The summed E-state index contributed by atoms with van der Waals surface area (Å²) in [6.45, 7) is 0.982. The van der Waals surface area contributed by atoms with Gasteiger partial charge in [0.25, 0.3) is 0 Å². The molecule has 70 valence electrons. The predicted molar refractivity (Wildman–Crippen MR) is 50.8 cm³/mol. The summed E-state index contributed by atoms with van der Waals surface area (Å²) in [5.74, 6) is 0. The molecule has 1 unspecified atom stereocenters. The SMILES string of the molecule is OC1(c2cccc(Cl)c2)CCOC1. The molecule has 0 saturated carbocycles. The average molecular weight is 199 g/mol. The molecule has 2 nitrogen and oxygen atoms in total. The van der Waals surface area contributed by atoms with E-state index < -0.39 is 5.60 Å². The summed E-state index contributed by atoms with van der Waals surface area (Å²) in [5.41, 5.74) is 0.0164. The van der Waals surface area contributed by atoms with Crippen molar-refractivity contribution in [2.24, 2.45) is 0 Å². The van der Waals surface area contributed by atoms with E-state index in [9.17, 15) is 5.11 Å². The summed E-state index contributed by atoms with van der Waals surface area (Å²) in [4.78, 5) is 0.